The van der Waals surface area contributed by atoms with E-state index in [1.54, 1.807) is 11.3 Å². The summed E-state index contributed by atoms with van der Waals surface area (Å²) in [5, 5.41) is 2.10. The van der Waals surface area contributed by atoms with Crippen molar-refractivity contribution in [3.05, 3.63) is 45.1 Å². The number of nitrogen functional groups attached to an aromatic ring is 1. The van der Waals surface area contributed by atoms with Gasteiger partial charge in [0.2, 0.25) is 0 Å². The maximum atomic E-state index is 5.66. The minimum atomic E-state index is 0.802. The topological polar surface area (TPSA) is 29.3 Å². The molecule has 0 fully saturated rings. The van der Waals surface area contributed by atoms with Crippen molar-refractivity contribution in [1.29, 1.82) is 0 Å². The molecule has 0 atom stereocenters. The van der Waals surface area contributed by atoms with E-state index in [1.165, 1.54) is 10.6 Å². The van der Waals surface area contributed by atoms with E-state index in [4.69, 9.17) is 5.73 Å². The van der Waals surface area contributed by atoms with E-state index in [2.05, 4.69) is 39.3 Å². The summed E-state index contributed by atoms with van der Waals surface area (Å²) in [7, 11) is 2.08. The van der Waals surface area contributed by atoms with Gasteiger partial charge in [-0.3, -0.25) is 0 Å². The standard InChI is InChI=1S/C12H13BrN2S/c1-15(7-12-6-9(13)8-16-12)11-4-2-10(14)3-5-11/h2-6,8H,7,14H2,1H3. The third kappa shape index (κ3) is 2.77. The van der Waals surface area contributed by atoms with Gasteiger partial charge in [-0.15, -0.1) is 11.3 Å². The van der Waals surface area contributed by atoms with E-state index in [1.807, 2.05) is 24.3 Å². The van der Waals surface area contributed by atoms with Crippen LogP contribution >= 0.6 is 27.3 Å². The van der Waals surface area contributed by atoms with Crippen LogP contribution in [0.5, 0.6) is 0 Å². The Kier molecular flexibility index (Phi) is 3.51. The van der Waals surface area contributed by atoms with E-state index in [0.29, 0.717) is 0 Å². The van der Waals surface area contributed by atoms with Crippen LogP contribution in [0.15, 0.2) is 40.2 Å². The molecule has 0 aliphatic heterocycles. The maximum Gasteiger partial charge on any atom is 0.0519 e. The number of nitrogens with zero attached hydrogens (tertiary/aromatic N) is 1. The molecule has 0 saturated carbocycles. The predicted molar refractivity (Wildman–Crippen MR) is 75.0 cm³/mol. The molecular formula is C12H13BrN2S. The molecule has 0 unspecified atom stereocenters. The number of anilines is 2. The molecule has 0 bridgehead atoms. The molecule has 2 rings (SSSR count). The van der Waals surface area contributed by atoms with Crippen LogP contribution in [0.3, 0.4) is 0 Å². The third-order valence-electron chi connectivity index (χ3n) is 2.35. The second kappa shape index (κ2) is 4.89. The summed E-state index contributed by atoms with van der Waals surface area (Å²) in [5.41, 5.74) is 7.64. The Hall–Kier alpha value is -1.00. The van der Waals surface area contributed by atoms with Crippen molar-refractivity contribution < 1.29 is 0 Å². The van der Waals surface area contributed by atoms with E-state index >= 15 is 0 Å². The minimum absolute atomic E-state index is 0.802. The Labute approximate surface area is 108 Å². The Morgan fingerprint density at radius 1 is 1.31 bits per heavy atom. The lowest BCUT2D eigenvalue weighted by Gasteiger charge is -2.18. The molecule has 2 aromatic rings. The van der Waals surface area contributed by atoms with Gasteiger partial charge in [0, 0.05) is 33.2 Å². The van der Waals surface area contributed by atoms with E-state index in [0.717, 1.165) is 16.7 Å². The lowest BCUT2D eigenvalue weighted by molar-refractivity contribution is 0.940. The first-order valence-corrected chi connectivity index (χ1v) is 6.62. The Balaban J connectivity index is 2.08. The van der Waals surface area contributed by atoms with Crippen LogP contribution in [0.4, 0.5) is 11.4 Å². The average molecular weight is 297 g/mol. The first-order valence-electron chi connectivity index (χ1n) is 4.95. The zero-order valence-corrected chi connectivity index (χ0v) is 11.4. The summed E-state index contributed by atoms with van der Waals surface area (Å²) in [6, 6.07) is 10.1. The molecule has 16 heavy (non-hydrogen) atoms. The molecule has 0 aliphatic carbocycles. The molecule has 2 nitrogen and oxygen atoms in total. The van der Waals surface area contributed by atoms with Crippen LogP contribution in [-0.4, -0.2) is 7.05 Å². The minimum Gasteiger partial charge on any atom is -0.399 e. The fraction of sp³-hybridized carbons (Fsp3) is 0.167. The van der Waals surface area contributed by atoms with Crippen LogP contribution in [0.1, 0.15) is 4.88 Å². The van der Waals surface area contributed by atoms with Crippen LogP contribution in [0.2, 0.25) is 0 Å². The molecule has 84 valence electrons. The highest BCUT2D eigenvalue weighted by atomic mass is 79.9. The SMILES string of the molecule is CN(Cc1cc(Br)cs1)c1ccc(N)cc1. The van der Waals surface area contributed by atoms with Gasteiger partial charge >= 0.3 is 0 Å². The molecule has 0 amide bonds. The van der Waals surface area contributed by atoms with Crippen LogP contribution in [-0.2, 0) is 6.54 Å². The Bertz CT molecular complexity index is 464. The van der Waals surface area contributed by atoms with Gasteiger partial charge in [0.15, 0.2) is 0 Å². The molecule has 4 heteroatoms. The van der Waals surface area contributed by atoms with Gasteiger partial charge in [-0.25, -0.2) is 0 Å². The van der Waals surface area contributed by atoms with E-state index in [9.17, 15) is 0 Å². The molecule has 0 saturated heterocycles. The number of benzene rings is 1. The summed E-state index contributed by atoms with van der Waals surface area (Å²) in [5.74, 6) is 0. The zero-order valence-electron chi connectivity index (χ0n) is 8.98. The van der Waals surface area contributed by atoms with Gasteiger partial charge < -0.3 is 10.6 Å². The molecule has 0 aliphatic rings. The van der Waals surface area contributed by atoms with E-state index in [-0.39, 0.29) is 0 Å². The highest BCUT2D eigenvalue weighted by Gasteiger charge is 2.03. The molecule has 0 spiro atoms. The number of rotatable bonds is 3. The quantitative estimate of drug-likeness (QED) is 0.875. The van der Waals surface area contributed by atoms with Crippen molar-refractivity contribution in [2.24, 2.45) is 0 Å². The molecular weight excluding hydrogens is 284 g/mol. The summed E-state index contributed by atoms with van der Waals surface area (Å²) in [4.78, 5) is 3.55. The zero-order chi connectivity index (χ0) is 11.5. The van der Waals surface area contributed by atoms with Crippen LogP contribution < -0.4 is 10.6 Å². The summed E-state index contributed by atoms with van der Waals surface area (Å²) in [6.45, 7) is 0.917. The van der Waals surface area contributed by atoms with Gasteiger partial charge in [0.25, 0.3) is 0 Å². The van der Waals surface area contributed by atoms with Crippen molar-refractivity contribution >= 4 is 38.6 Å². The van der Waals surface area contributed by atoms with E-state index < -0.39 is 0 Å². The van der Waals surface area contributed by atoms with Crippen molar-refractivity contribution in [1.82, 2.24) is 0 Å². The molecule has 2 N–H and O–H groups in total. The summed E-state index contributed by atoms with van der Waals surface area (Å²) in [6.07, 6.45) is 0. The largest absolute Gasteiger partial charge is 0.399 e. The van der Waals surface area contributed by atoms with Crippen molar-refractivity contribution in [3.63, 3.8) is 0 Å². The predicted octanol–water partition coefficient (Wildman–Crippen LogP) is 3.73. The second-order valence-corrected chi connectivity index (χ2v) is 5.59. The monoisotopic (exact) mass is 296 g/mol. The molecule has 0 radical (unpaired) electrons. The number of halogens is 1. The number of nitrogens with two attached hydrogens (primary N) is 1. The van der Waals surface area contributed by atoms with Gasteiger partial charge in [-0.2, -0.15) is 0 Å². The Morgan fingerprint density at radius 3 is 2.56 bits per heavy atom. The van der Waals surface area contributed by atoms with Gasteiger partial charge in [-0.05, 0) is 46.3 Å². The van der Waals surface area contributed by atoms with Crippen molar-refractivity contribution in [2.45, 2.75) is 6.54 Å². The average Bonchev–Trinajstić information content (AvgIpc) is 2.65. The lowest BCUT2D eigenvalue weighted by atomic mass is 10.2. The van der Waals surface area contributed by atoms with Gasteiger partial charge in [0.05, 0.1) is 6.54 Å². The first-order chi connectivity index (χ1) is 7.65. The number of hydrogen-bond acceptors (Lipinski definition) is 3. The smallest absolute Gasteiger partial charge is 0.0519 e. The van der Waals surface area contributed by atoms with Crippen LogP contribution in [0, 0.1) is 0 Å². The summed E-state index contributed by atoms with van der Waals surface area (Å²) >= 11 is 5.23. The fourth-order valence-electron chi connectivity index (χ4n) is 1.49. The fourth-order valence-corrected chi connectivity index (χ4v) is 2.99. The third-order valence-corrected chi connectivity index (χ3v) is 4.03. The molecule has 1 aromatic heterocycles. The van der Waals surface area contributed by atoms with Gasteiger partial charge in [-0.1, -0.05) is 0 Å². The van der Waals surface area contributed by atoms with Crippen LogP contribution in [0.25, 0.3) is 0 Å². The van der Waals surface area contributed by atoms with Gasteiger partial charge in [0.1, 0.15) is 0 Å². The molecule has 1 heterocycles. The lowest BCUT2D eigenvalue weighted by Crippen LogP contribution is -2.15. The molecule has 1 aromatic carbocycles. The van der Waals surface area contributed by atoms with Crippen molar-refractivity contribution in [3.8, 4) is 0 Å². The normalized spacial score (nSPS) is 10.4. The highest BCUT2D eigenvalue weighted by Crippen LogP contribution is 2.23. The summed E-state index contributed by atoms with van der Waals surface area (Å²) < 4.78 is 1.15. The van der Waals surface area contributed by atoms with Crippen molar-refractivity contribution in [2.75, 3.05) is 17.7 Å². The second-order valence-electron chi connectivity index (χ2n) is 3.68. The number of hydrogen-bond donors (Lipinski definition) is 1. The maximum absolute atomic E-state index is 5.66. The first kappa shape index (κ1) is 11.5. The number of thiophene rings is 1. The Morgan fingerprint density at radius 2 is 2.00 bits per heavy atom. The highest BCUT2D eigenvalue weighted by molar-refractivity contribution is 9.10.